The Labute approximate surface area is 85.7 Å². The zero-order valence-electron chi connectivity index (χ0n) is 7.29. The van der Waals surface area contributed by atoms with E-state index in [0.717, 1.165) is 15.7 Å². The highest BCUT2D eigenvalue weighted by molar-refractivity contribution is 9.10. The van der Waals surface area contributed by atoms with Crippen LogP contribution in [0.25, 0.3) is 0 Å². The van der Waals surface area contributed by atoms with Gasteiger partial charge in [0.25, 0.3) is 0 Å². The fourth-order valence-corrected chi connectivity index (χ4v) is 1.18. The molecule has 0 bridgehead atoms. The lowest BCUT2D eigenvalue weighted by atomic mass is 10.1. The second-order valence-electron chi connectivity index (χ2n) is 2.83. The molecule has 0 fully saturated rings. The Morgan fingerprint density at radius 2 is 2.46 bits per heavy atom. The maximum Gasteiger partial charge on any atom is 0.0642 e. The van der Waals surface area contributed by atoms with Crippen molar-refractivity contribution in [2.24, 2.45) is 5.73 Å². The summed E-state index contributed by atoms with van der Waals surface area (Å²) in [6.45, 7) is 1.97. The van der Waals surface area contributed by atoms with E-state index in [9.17, 15) is 0 Å². The molecule has 1 unspecified atom stereocenters. The smallest absolute Gasteiger partial charge is 0.0642 e. The molecule has 0 saturated heterocycles. The molecular formula is C9H10BrN3. The molecule has 68 valence electrons. The number of aryl methyl sites for hydroxylation is 1. The third kappa shape index (κ3) is 2.51. The van der Waals surface area contributed by atoms with Crippen molar-refractivity contribution in [1.82, 2.24) is 4.98 Å². The van der Waals surface area contributed by atoms with Gasteiger partial charge in [-0.1, -0.05) is 0 Å². The molecule has 13 heavy (non-hydrogen) atoms. The quantitative estimate of drug-likeness (QED) is 0.860. The molecule has 2 N–H and O–H groups in total. The molecule has 1 aromatic heterocycles. The Hall–Kier alpha value is -0.920. The van der Waals surface area contributed by atoms with Crippen molar-refractivity contribution in [3.63, 3.8) is 0 Å². The lowest BCUT2D eigenvalue weighted by Crippen LogP contribution is -2.11. The second kappa shape index (κ2) is 4.35. The van der Waals surface area contributed by atoms with E-state index >= 15 is 0 Å². The van der Waals surface area contributed by atoms with Gasteiger partial charge in [-0.15, -0.1) is 0 Å². The molecule has 0 saturated carbocycles. The Kier molecular flexibility index (Phi) is 3.40. The van der Waals surface area contributed by atoms with E-state index in [0.29, 0.717) is 6.42 Å². The van der Waals surface area contributed by atoms with Gasteiger partial charge in [-0.3, -0.25) is 4.98 Å². The Morgan fingerprint density at radius 3 is 3.00 bits per heavy atom. The van der Waals surface area contributed by atoms with E-state index in [1.165, 1.54) is 0 Å². The van der Waals surface area contributed by atoms with Crippen molar-refractivity contribution in [2.45, 2.75) is 19.4 Å². The summed E-state index contributed by atoms with van der Waals surface area (Å²) < 4.78 is 0.959. The zero-order valence-corrected chi connectivity index (χ0v) is 8.87. The number of aromatic nitrogens is 1. The predicted molar refractivity (Wildman–Crippen MR) is 53.8 cm³/mol. The number of nitrogens with zero attached hydrogens (tertiary/aromatic N) is 2. The van der Waals surface area contributed by atoms with Gasteiger partial charge in [0.05, 0.1) is 24.2 Å². The molecule has 1 heterocycles. The summed E-state index contributed by atoms with van der Waals surface area (Å²) >= 11 is 3.35. The summed E-state index contributed by atoms with van der Waals surface area (Å²) in [4.78, 5) is 4.13. The fraction of sp³-hybridized carbons (Fsp3) is 0.333. The van der Waals surface area contributed by atoms with E-state index < -0.39 is 0 Å². The molecule has 0 aliphatic carbocycles. The van der Waals surface area contributed by atoms with Crippen molar-refractivity contribution in [2.75, 3.05) is 0 Å². The molecule has 1 rings (SSSR count). The minimum Gasteiger partial charge on any atom is -0.322 e. The summed E-state index contributed by atoms with van der Waals surface area (Å²) in [7, 11) is 0. The normalized spacial score (nSPS) is 12.2. The number of hydrogen-bond donors (Lipinski definition) is 1. The molecule has 4 heteroatoms. The summed E-state index contributed by atoms with van der Waals surface area (Å²) in [5.41, 5.74) is 7.57. The van der Waals surface area contributed by atoms with Crippen LogP contribution in [0.2, 0.25) is 0 Å². The van der Waals surface area contributed by atoms with Gasteiger partial charge in [0, 0.05) is 10.7 Å². The molecule has 0 aromatic carbocycles. The van der Waals surface area contributed by atoms with Gasteiger partial charge in [0.1, 0.15) is 0 Å². The van der Waals surface area contributed by atoms with Crippen molar-refractivity contribution in [1.29, 1.82) is 5.26 Å². The van der Waals surface area contributed by atoms with Crippen LogP contribution in [0.15, 0.2) is 16.7 Å². The molecule has 1 atom stereocenters. The number of nitrogens with two attached hydrogens (primary N) is 1. The van der Waals surface area contributed by atoms with Crippen LogP contribution in [0.1, 0.15) is 23.7 Å². The molecule has 0 amide bonds. The van der Waals surface area contributed by atoms with Gasteiger partial charge in [-0.2, -0.15) is 5.26 Å². The molecule has 0 spiro atoms. The van der Waals surface area contributed by atoms with E-state index in [1.807, 2.05) is 19.1 Å². The standard InChI is InChI=1S/C9H10BrN3/c1-6-4-9(8(12)2-3-11)13-5-7(6)10/h4-5,8H,2,12H2,1H3. The SMILES string of the molecule is Cc1cc(C(N)CC#N)ncc1Br. The summed E-state index contributed by atoms with van der Waals surface area (Å²) in [6.07, 6.45) is 2.01. The van der Waals surface area contributed by atoms with Crippen LogP contribution in [0, 0.1) is 18.3 Å². The van der Waals surface area contributed by atoms with Crippen LogP contribution in [-0.2, 0) is 0 Å². The maximum absolute atomic E-state index is 8.45. The highest BCUT2D eigenvalue weighted by Gasteiger charge is 2.07. The molecule has 0 aliphatic heterocycles. The maximum atomic E-state index is 8.45. The summed E-state index contributed by atoms with van der Waals surface area (Å²) in [5, 5.41) is 8.45. The monoisotopic (exact) mass is 239 g/mol. The van der Waals surface area contributed by atoms with Crippen molar-refractivity contribution >= 4 is 15.9 Å². The van der Waals surface area contributed by atoms with Gasteiger partial charge >= 0.3 is 0 Å². The lowest BCUT2D eigenvalue weighted by Gasteiger charge is -2.07. The topological polar surface area (TPSA) is 62.7 Å². The van der Waals surface area contributed by atoms with E-state index in [1.54, 1.807) is 6.20 Å². The third-order valence-corrected chi connectivity index (χ3v) is 2.59. The molecule has 1 aromatic rings. The minimum absolute atomic E-state index is 0.281. The fourth-order valence-electron chi connectivity index (χ4n) is 0.967. The largest absolute Gasteiger partial charge is 0.322 e. The number of rotatable bonds is 2. The van der Waals surface area contributed by atoms with Gasteiger partial charge in [0.2, 0.25) is 0 Å². The van der Waals surface area contributed by atoms with Crippen LogP contribution < -0.4 is 5.73 Å². The minimum atomic E-state index is -0.281. The van der Waals surface area contributed by atoms with E-state index in [-0.39, 0.29) is 6.04 Å². The predicted octanol–water partition coefficient (Wildman–Crippen LogP) is 2.07. The van der Waals surface area contributed by atoms with Crippen LogP contribution >= 0.6 is 15.9 Å². The Bertz CT molecular complexity index is 343. The van der Waals surface area contributed by atoms with Gasteiger partial charge in [-0.25, -0.2) is 0 Å². The number of hydrogen-bond acceptors (Lipinski definition) is 3. The highest BCUT2D eigenvalue weighted by atomic mass is 79.9. The number of pyridine rings is 1. The second-order valence-corrected chi connectivity index (χ2v) is 3.68. The lowest BCUT2D eigenvalue weighted by molar-refractivity contribution is 0.718. The van der Waals surface area contributed by atoms with Crippen LogP contribution in [0.4, 0.5) is 0 Å². The van der Waals surface area contributed by atoms with Crippen LogP contribution in [-0.4, -0.2) is 4.98 Å². The molecule has 0 aliphatic rings. The first kappa shape index (κ1) is 10.2. The Balaban J connectivity index is 2.91. The van der Waals surface area contributed by atoms with Crippen molar-refractivity contribution < 1.29 is 0 Å². The third-order valence-electron chi connectivity index (χ3n) is 1.76. The van der Waals surface area contributed by atoms with Gasteiger partial charge < -0.3 is 5.73 Å². The average Bonchev–Trinajstić information content (AvgIpc) is 2.10. The van der Waals surface area contributed by atoms with Crippen LogP contribution in [0.3, 0.4) is 0 Å². The zero-order chi connectivity index (χ0) is 9.84. The molecular weight excluding hydrogens is 230 g/mol. The van der Waals surface area contributed by atoms with Gasteiger partial charge in [-0.05, 0) is 34.5 Å². The van der Waals surface area contributed by atoms with E-state index in [4.69, 9.17) is 11.0 Å². The van der Waals surface area contributed by atoms with Crippen molar-refractivity contribution in [3.8, 4) is 6.07 Å². The number of halogens is 1. The number of nitriles is 1. The first-order valence-electron chi connectivity index (χ1n) is 3.89. The van der Waals surface area contributed by atoms with Gasteiger partial charge in [0.15, 0.2) is 0 Å². The summed E-state index contributed by atoms with van der Waals surface area (Å²) in [5.74, 6) is 0. The van der Waals surface area contributed by atoms with Crippen LogP contribution in [0.5, 0.6) is 0 Å². The van der Waals surface area contributed by atoms with E-state index in [2.05, 4.69) is 20.9 Å². The average molecular weight is 240 g/mol. The first-order chi connectivity index (χ1) is 6.15. The molecule has 3 nitrogen and oxygen atoms in total. The highest BCUT2D eigenvalue weighted by Crippen LogP contribution is 2.18. The first-order valence-corrected chi connectivity index (χ1v) is 4.69. The van der Waals surface area contributed by atoms with Crippen molar-refractivity contribution in [3.05, 3.63) is 28.0 Å². The summed E-state index contributed by atoms with van der Waals surface area (Å²) in [6, 6.07) is 3.64. The Morgan fingerprint density at radius 1 is 1.77 bits per heavy atom. The molecule has 0 radical (unpaired) electrons.